The number of aryl methyl sites for hydroxylation is 1. The average Bonchev–Trinajstić information content (AvgIpc) is 2.96. The van der Waals surface area contributed by atoms with Crippen molar-refractivity contribution in [3.8, 4) is 11.4 Å². The van der Waals surface area contributed by atoms with Gasteiger partial charge in [-0.2, -0.15) is 0 Å². The van der Waals surface area contributed by atoms with Crippen molar-refractivity contribution in [1.82, 2.24) is 19.9 Å². The molecule has 0 saturated carbocycles. The Morgan fingerprint density at radius 2 is 2.04 bits per heavy atom. The van der Waals surface area contributed by atoms with E-state index in [0.29, 0.717) is 27.6 Å². The van der Waals surface area contributed by atoms with Gasteiger partial charge < -0.3 is 20.1 Å². The van der Waals surface area contributed by atoms with E-state index >= 15 is 0 Å². The Balaban J connectivity index is 1.99. The van der Waals surface area contributed by atoms with Crippen LogP contribution in [0.4, 0.5) is 0 Å². The van der Waals surface area contributed by atoms with Gasteiger partial charge in [-0.05, 0) is 18.2 Å². The van der Waals surface area contributed by atoms with E-state index in [9.17, 15) is 4.79 Å². The van der Waals surface area contributed by atoms with Gasteiger partial charge in [0.2, 0.25) is 0 Å². The van der Waals surface area contributed by atoms with Gasteiger partial charge in [-0.15, -0.1) is 0 Å². The molecular formula is C17H17ClN4O3. The van der Waals surface area contributed by atoms with Gasteiger partial charge in [-0.3, -0.25) is 4.79 Å². The number of carbonyl (C=O) groups is 1. The second-order valence-corrected chi connectivity index (χ2v) is 5.98. The molecule has 2 heterocycles. The summed E-state index contributed by atoms with van der Waals surface area (Å²) >= 11 is 6.24. The maximum Gasteiger partial charge on any atom is 0.253 e. The molecule has 0 aliphatic heterocycles. The smallest absolute Gasteiger partial charge is 0.253 e. The van der Waals surface area contributed by atoms with Gasteiger partial charge in [0.05, 0.1) is 29.8 Å². The number of aliphatic hydroxyl groups excluding tert-OH is 2. The van der Waals surface area contributed by atoms with Crippen molar-refractivity contribution < 1.29 is 15.0 Å². The van der Waals surface area contributed by atoms with Crippen LogP contribution in [0.3, 0.4) is 0 Å². The van der Waals surface area contributed by atoms with E-state index in [1.165, 1.54) is 6.20 Å². The summed E-state index contributed by atoms with van der Waals surface area (Å²) in [4.78, 5) is 21.1. The molecule has 3 rings (SSSR count). The highest BCUT2D eigenvalue weighted by molar-refractivity contribution is 6.33. The highest BCUT2D eigenvalue weighted by atomic mass is 35.5. The first-order chi connectivity index (χ1) is 12.0. The number of pyridine rings is 1. The summed E-state index contributed by atoms with van der Waals surface area (Å²) in [6.07, 6.45) is 1.43. The van der Waals surface area contributed by atoms with E-state index in [4.69, 9.17) is 21.8 Å². The number of benzene rings is 1. The van der Waals surface area contributed by atoms with Gasteiger partial charge in [0, 0.05) is 18.8 Å². The summed E-state index contributed by atoms with van der Waals surface area (Å²) in [7, 11) is 1.83. The number of rotatable bonds is 5. The van der Waals surface area contributed by atoms with Gasteiger partial charge in [-0.1, -0.05) is 23.7 Å². The summed E-state index contributed by atoms with van der Waals surface area (Å²) in [6, 6.07) is 8.26. The van der Waals surface area contributed by atoms with Crippen LogP contribution in [0.25, 0.3) is 22.6 Å². The minimum absolute atomic E-state index is 0.295. The number of amides is 1. The zero-order chi connectivity index (χ0) is 18.0. The molecule has 0 radical (unpaired) electrons. The van der Waals surface area contributed by atoms with Gasteiger partial charge in [0.25, 0.3) is 5.91 Å². The molecule has 1 amide bonds. The second kappa shape index (κ2) is 7.18. The molecule has 0 spiro atoms. The number of nitrogens with zero attached hydrogens (tertiary/aromatic N) is 3. The normalized spacial score (nSPS) is 11.2. The van der Waals surface area contributed by atoms with Gasteiger partial charge in [-0.25, -0.2) is 9.97 Å². The number of aromatic nitrogens is 3. The summed E-state index contributed by atoms with van der Waals surface area (Å²) in [5.74, 6) is 0.210. The fraction of sp³-hybridized carbons (Fsp3) is 0.235. The van der Waals surface area contributed by atoms with Gasteiger partial charge >= 0.3 is 0 Å². The Labute approximate surface area is 148 Å². The van der Waals surface area contributed by atoms with Crippen molar-refractivity contribution in [2.45, 2.75) is 6.04 Å². The van der Waals surface area contributed by atoms with Crippen LogP contribution in [-0.4, -0.2) is 49.9 Å². The Morgan fingerprint density at radius 3 is 2.72 bits per heavy atom. The van der Waals surface area contributed by atoms with Crippen molar-refractivity contribution in [3.63, 3.8) is 0 Å². The predicted molar refractivity (Wildman–Crippen MR) is 94.4 cm³/mol. The third-order valence-electron chi connectivity index (χ3n) is 3.86. The van der Waals surface area contributed by atoms with Crippen LogP contribution < -0.4 is 5.32 Å². The molecule has 2 aromatic heterocycles. The van der Waals surface area contributed by atoms with E-state index in [1.807, 2.05) is 29.8 Å². The quantitative estimate of drug-likeness (QED) is 0.638. The van der Waals surface area contributed by atoms with Gasteiger partial charge in [0.15, 0.2) is 5.65 Å². The molecule has 0 saturated heterocycles. The highest BCUT2D eigenvalue weighted by Gasteiger charge is 2.17. The monoisotopic (exact) mass is 360 g/mol. The van der Waals surface area contributed by atoms with E-state index in [-0.39, 0.29) is 13.2 Å². The van der Waals surface area contributed by atoms with Crippen molar-refractivity contribution in [2.75, 3.05) is 13.2 Å². The lowest BCUT2D eigenvalue weighted by Gasteiger charge is -2.12. The van der Waals surface area contributed by atoms with E-state index in [0.717, 1.165) is 5.56 Å². The van der Waals surface area contributed by atoms with Crippen LogP contribution in [0.2, 0.25) is 5.02 Å². The third-order valence-corrected chi connectivity index (χ3v) is 4.19. The molecule has 0 bridgehead atoms. The zero-order valence-corrected chi connectivity index (χ0v) is 14.2. The molecule has 130 valence electrons. The first-order valence-electron chi connectivity index (χ1n) is 7.65. The molecule has 0 aliphatic carbocycles. The zero-order valence-electron chi connectivity index (χ0n) is 13.5. The van der Waals surface area contributed by atoms with Crippen LogP contribution in [0.5, 0.6) is 0 Å². The number of hydrogen-bond donors (Lipinski definition) is 3. The van der Waals surface area contributed by atoms with E-state index < -0.39 is 11.9 Å². The lowest BCUT2D eigenvalue weighted by atomic mass is 10.2. The SMILES string of the molecule is Cn1c(-c2ccccc2Cl)nc2cc(C(=O)NC(CO)CO)cnc21. The third kappa shape index (κ3) is 3.34. The number of carbonyl (C=O) groups excluding carboxylic acids is 1. The largest absolute Gasteiger partial charge is 0.394 e. The van der Waals surface area contributed by atoms with Crippen LogP contribution in [0.15, 0.2) is 36.5 Å². The van der Waals surface area contributed by atoms with Crippen LogP contribution in [0.1, 0.15) is 10.4 Å². The molecule has 7 nitrogen and oxygen atoms in total. The van der Waals surface area contributed by atoms with Crippen molar-refractivity contribution >= 4 is 28.7 Å². The molecule has 0 aliphatic rings. The molecular weight excluding hydrogens is 344 g/mol. The fourth-order valence-electron chi connectivity index (χ4n) is 2.50. The van der Waals surface area contributed by atoms with Crippen molar-refractivity contribution in [1.29, 1.82) is 0 Å². The molecule has 0 unspecified atom stereocenters. The van der Waals surface area contributed by atoms with Crippen molar-refractivity contribution in [3.05, 3.63) is 47.1 Å². The summed E-state index contributed by atoms with van der Waals surface area (Å²) in [6.45, 7) is -0.698. The van der Waals surface area contributed by atoms with Crippen molar-refractivity contribution in [2.24, 2.45) is 7.05 Å². The second-order valence-electron chi connectivity index (χ2n) is 5.58. The number of hydrogen-bond acceptors (Lipinski definition) is 5. The number of aliphatic hydroxyl groups is 2. The Morgan fingerprint density at radius 1 is 1.32 bits per heavy atom. The minimum Gasteiger partial charge on any atom is -0.394 e. The molecule has 1 aromatic carbocycles. The minimum atomic E-state index is -0.717. The number of nitrogens with one attached hydrogen (secondary N) is 1. The molecule has 0 fully saturated rings. The molecule has 8 heteroatoms. The number of fused-ring (bicyclic) bond motifs is 1. The predicted octanol–water partition coefficient (Wildman–Crippen LogP) is 1.37. The lowest BCUT2D eigenvalue weighted by molar-refractivity contribution is 0.0879. The average molecular weight is 361 g/mol. The molecule has 3 aromatic rings. The van der Waals surface area contributed by atoms with Crippen LogP contribution in [0, 0.1) is 0 Å². The first-order valence-corrected chi connectivity index (χ1v) is 8.03. The van der Waals surface area contributed by atoms with E-state index in [2.05, 4.69) is 15.3 Å². The maximum absolute atomic E-state index is 12.2. The molecule has 0 atom stereocenters. The number of halogens is 1. The molecule has 25 heavy (non-hydrogen) atoms. The lowest BCUT2D eigenvalue weighted by Crippen LogP contribution is -2.40. The topological polar surface area (TPSA) is 100 Å². The van der Waals surface area contributed by atoms with Gasteiger partial charge in [0.1, 0.15) is 11.3 Å². The van der Waals surface area contributed by atoms with Crippen LogP contribution in [-0.2, 0) is 7.05 Å². The summed E-state index contributed by atoms with van der Waals surface area (Å²) in [5, 5.41) is 21.2. The Hall–Kier alpha value is -2.48. The van der Waals surface area contributed by atoms with E-state index in [1.54, 1.807) is 12.1 Å². The van der Waals surface area contributed by atoms with Crippen LogP contribution >= 0.6 is 11.6 Å². The first kappa shape index (κ1) is 17.3. The Bertz CT molecular complexity index is 921. The number of imidazole rings is 1. The standard InChI is InChI=1S/C17H17ClN4O3/c1-22-15(12-4-2-3-5-13(12)18)21-14-6-10(7-19-16(14)22)17(25)20-11(8-23)9-24/h2-7,11,23-24H,8-9H2,1H3,(H,20,25). The fourth-order valence-corrected chi connectivity index (χ4v) is 2.72. The summed E-state index contributed by atoms with van der Waals surface area (Å²) < 4.78 is 1.81. The summed E-state index contributed by atoms with van der Waals surface area (Å²) in [5.41, 5.74) is 2.24. The molecule has 3 N–H and O–H groups in total. The maximum atomic E-state index is 12.2. The highest BCUT2D eigenvalue weighted by Crippen LogP contribution is 2.28. The Kier molecular flexibility index (Phi) is 4.98.